The Balaban J connectivity index is 1.91. The molecule has 0 radical (unpaired) electrons. The molecule has 1 heterocycles. The number of isothiocyanates is 1. The summed E-state index contributed by atoms with van der Waals surface area (Å²) in [6, 6.07) is 0. The molecule has 0 spiro atoms. The number of allylic oxidation sites excluding steroid dienone is 1. The summed E-state index contributed by atoms with van der Waals surface area (Å²) in [7, 11) is 0. The van der Waals surface area contributed by atoms with E-state index < -0.39 is 0 Å². The van der Waals surface area contributed by atoms with Gasteiger partial charge in [0.25, 0.3) is 0 Å². The van der Waals surface area contributed by atoms with Gasteiger partial charge in [0, 0.05) is 0 Å². The van der Waals surface area contributed by atoms with Gasteiger partial charge in [-0.25, -0.2) is 4.99 Å². The summed E-state index contributed by atoms with van der Waals surface area (Å²) < 4.78 is 5.97. The van der Waals surface area contributed by atoms with E-state index in [0.717, 1.165) is 12.8 Å². The van der Waals surface area contributed by atoms with Crippen molar-refractivity contribution in [1.82, 2.24) is 0 Å². The van der Waals surface area contributed by atoms with Crippen LogP contribution in [0.3, 0.4) is 0 Å². The molecule has 2 rings (SSSR count). The number of nitrogens with zero attached hydrogens (tertiary/aromatic N) is 1. The van der Waals surface area contributed by atoms with Crippen LogP contribution in [-0.4, -0.2) is 22.4 Å². The van der Waals surface area contributed by atoms with Crippen LogP contribution in [0.15, 0.2) is 17.1 Å². The van der Waals surface area contributed by atoms with Gasteiger partial charge < -0.3 is 4.74 Å². The van der Waals surface area contributed by atoms with Crippen LogP contribution in [0.5, 0.6) is 0 Å². The van der Waals surface area contributed by atoms with Crippen molar-refractivity contribution in [3.8, 4) is 0 Å². The molecule has 0 aromatic rings. The Kier molecular flexibility index (Phi) is 4.29. The maximum Gasteiger partial charge on any atom is 0.105 e. The molecule has 0 aromatic heterocycles. The number of hydrogen-bond acceptors (Lipinski definition) is 3. The molecule has 2 fully saturated rings. The number of thiocarbonyl (C=S) groups is 1. The zero-order chi connectivity index (χ0) is 14.1. The van der Waals surface area contributed by atoms with Gasteiger partial charge in [-0.15, -0.1) is 0 Å². The fourth-order valence-electron chi connectivity index (χ4n) is 3.16. The molecule has 0 N–H and O–H groups in total. The second-order valence-corrected chi connectivity index (χ2v) is 7.01. The average molecular weight is 279 g/mol. The number of hydrogen-bond donors (Lipinski definition) is 0. The third-order valence-corrected chi connectivity index (χ3v) is 4.84. The normalized spacial score (nSPS) is 42.4. The van der Waals surface area contributed by atoms with E-state index in [1.807, 2.05) is 0 Å². The third-order valence-electron chi connectivity index (χ3n) is 4.75. The Morgan fingerprint density at radius 2 is 1.95 bits per heavy atom. The summed E-state index contributed by atoms with van der Waals surface area (Å²) in [6.45, 7) is 8.85. The van der Waals surface area contributed by atoms with E-state index in [2.05, 4.69) is 50.0 Å². The van der Waals surface area contributed by atoms with Crippen LogP contribution in [-0.2, 0) is 4.74 Å². The monoisotopic (exact) mass is 279 g/mol. The summed E-state index contributed by atoms with van der Waals surface area (Å²) in [5, 5.41) is 2.55. The number of ether oxygens (including phenoxy) is 1. The van der Waals surface area contributed by atoms with Crippen LogP contribution in [0.25, 0.3) is 0 Å². The SMILES string of the molecule is CC(C)C=CC1OC1(C)C1CCC(C)(N=C=S)CC1. The molecule has 1 aliphatic heterocycles. The predicted molar refractivity (Wildman–Crippen MR) is 82.6 cm³/mol. The molecule has 106 valence electrons. The van der Waals surface area contributed by atoms with Crippen molar-refractivity contribution in [2.24, 2.45) is 16.8 Å². The van der Waals surface area contributed by atoms with Gasteiger partial charge in [0.15, 0.2) is 0 Å². The van der Waals surface area contributed by atoms with Crippen LogP contribution in [0, 0.1) is 11.8 Å². The van der Waals surface area contributed by atoms with Crippen LogP contribution < -0.4 is 0 Å². The lowest BCUT2D eigenvalue weighted by Gasteiger charge is -2.35. The number of aliphatic imine (C=N–C) groups is 1. The first kappa shape index (κ1) is 14.9. The Labute approximate surface area is 122 Å². The molecular weight excluding hydrogens is 254 g/mol. The Bertz CT molecular complexity index is 403. The van der Waals surface area contributed by atoms with Crippen molar-refractivity contribution < 1.29 is 4.74 Å². The Morgan fingerprint density at radius 1 is 1.32 bits per heavy atom. The summed E-state index contributed by atoms with van der Waals surface area (Å²) >= 11 is 4.75. The highest BCUT2D eigenvalue weighted by molar-refractivity contribution is 7.78. The maximum atomic E-state index is 5.97. The van der Waals surface area contributed by atoms with Crippen LogP contribution >= 0.6 is 12.2 Å². The van der Waals surface area contributed by atoms with Crippen LogP contribution in [0.1, 0.15) is 53.4 Å². The summed E-state index contributed by atoms with van der Waals surface area (Å²) in [5.41, 5.74) is 0.0842. The minimum absolute atomic E-state index is 0.0206. The third kappa shape index (κ3) is 3.34. The first-order valence-electron chi connectivity index (χ1n) is 7.35. The second-order valence-electron chi connectivity index (χ2n) is 6.83. The summed E-state index contributed by atoms with van der Waals surface area (Å²) in [4.78, 5) is 4.34. The van der Waals surface area contributed by atoms with Crippen LogP contribution in [0.4, 0.5) is 0 Å². The maximum absolute atomic E-state index is 5.97. The zero-order valence-corrected chi connectivity index (χ0v) is 13.3. The molecule has 0 aromatic carbocycles. The molecule has 1 aliphatic carbocycles. The van der Waals surface area contributed by atoms with Gasteiger partial charge in [0.1, 0.15) is 6.10 Å². The van der Waals surface area contributed by atoms with Gasteiger partial charge in [-0.2, -0.15) is 0 Å². The van der Waals surface area contributed by atoms with E-state index in [4.69, 9.17) is 17.0 Å². The molecule has 1 saturated heterocycles. The topological polar surface area (TPSA) is 24.9 Å². The molecular formula is C16H25NOS. The first-order valence-corrected chi connectivity index (χ1v) is 7.76. The first-order chi connectivity index (χ1) is 8.89. The van der Waals surface area contributed by atoms with Crippen molar-refractivity contribution in [3.05, 3.63) is 12.2 Å². The minimum Gasteiger partial charge on any atom is -0.362 e. The van der Waals surface area contributed by atoms with E-state index >= 15 is 0 Å². The summed E-state index contributed by atoms with van der Waals surface area (Å²) in [6.07, 6.45) is 9.37. The number of rotatable bonds is 4. The standard InChI is InChI=1S/C16H25NOS/c1-12(2)5-6-14-16(4,18-14)13-7-9-15(3,10-8-13)17-11-19/h5-6,12-14H,7-10H2,1-4H3. The van der Waals surface area contributed by atoms with E-state index in [1.165, 1.54) is 12.8 Å². The fraction of sp³-hybridized carbons (Fsp3) is 0.812. The lowest BCUT2D eigenvalue weighted by atomic mass is 9.72. The van der Waals surface area contributed by atoms with E-state index in [9.17, 15) is 0 Å². The molecule has 19 heavy (non-hydrogen) atoms. The largest absolute Gasteiger partial charge is 0.362 e. The van der Waals surface area contributed by atoms with Crippen LogP contribution in [0.2, 0.25) is 0 Å². The highest BCUT2D eigenvalue weighted by atomic mass is 32.1. The quantitative estimate of drug-likeness (QED) is 0.329. The van der Waals surface area contributed by atoms with E-state index in [0.29, 0.717) is 17.9 Å². The molecule has 2 unspecified atom stereocenters. The van der Waals surface area contributed by atoms with Gasteiger partial charge >= 0.3 is 0 Å². The predicted octanol–water partition coefficient (Wildman–Crippen LogP) is 4.41. The summed E-state index contributed by atoms with van der Waals surface area (Å²) in [5.74, 6) is 1.25. The number of epoxide rings is 1. The van der Waals surface area contributed by atoms with E-state index in [1.54, 1.807) is 0 Å². The fourth-order valence-corrected chi connectivity index (χ4v) is 3.38. The van der Waals surface area contributed by atoms with Crippen molar-refractivity contribution >= 4 is 17.4 Å². The van der Waals surface area contributed by atoms with Gasteiger partial charge in [-0.3, -0.25) is 0 Å². The molecule has 2 atom stereocenters. The lowest BCUT2D eigenvalue weighted by Crippen LogP contribution is -2.34. The molecule has 0 bridgehead atoms. The van der Waals surface area contributed by atoms with Gasteiger partial charge in [0.05, 0.1) is 16.3 Å². The molecule has 1 saturated carbocycles. The highest BCUT2D eigenvalue weighted by Gasteiger charge is 2.56. The Morgan fingerprint density at radius 3 is 2.47 bits per heavy atom. The van der Waals surface area contributed by atoms with E-state index in [-0.39, 0.29) is 11.1 Å². The average Bonchev–Trinajstić information content (AvgIpc) is 3.00. The molecule has 2 nitrogen and oxygen atoms in total. The minimum atomic E-state index is 0.0206. The smallest absolute Gasteiger partial charge is 0.105 e. The van der Waals surface area contributed by atoms with Gasteiger partial charge in [-0.1, -0.05) is 26.0 Å². The zero-order valence-electron chi connectivity index (χ0n) is 12.5. The van der Waals surface area contributed by atoms with Crippen molar-refractivity contribution in [2.75, 3.05) is 0 Å². The highest BCUT2D eigenvalue weighted by Crippen LogP contribution is 2.51. The second kappa shape index (κ2) is 5.47. The molecule has 2 aliphatic rings. The van der Waals surface area contributed by atoms with Crippen molar-refractivity contribution in [2.45, 2.75) is 70.6 Å². The van der Waals surface area contributed by atoms with Crippen molar-refractivity contribution in [3.63, 3.8) is 0 Å². The molecule has 0 amide bonds. The Hall–Kier alpha value is -0.500. The van der Waals surface area contributed by atoms with Gasteiger partial charge in [0.2, 0.25) is 0 Å². The lowest BCUT2D eigenvalue weighted by molar-refractivity contribution is 0.156. The van der Waals surface area contributed by atoms with Crippen molar-refractivity contribution in [1.29, 1.82) is 0 Å². The van der Waals surface area contributed by atoms with Gasteiger partial charge in [-0.05, 0) is 63.6 Å². The molecule has 3 heteroatoms.